The van der Waals surface area contributed by atoms with Gasteiger partial charge in [-0.05, 0) is 83.3 Å². The first-order valence-corrected chi connectivity index (χ1v) is 16.5. The van der Waals surface area contributed by atoms with Gasteiger partial charge in [-0.1, -0.05) is 100 Å². The van der Waals surface area contributed by atoms with Crippen molar-refractivity contribution in [3.8, 4) is 12.8 Å². The molecule has 0 spiro atoms. The van der Waals surface area contributed by atoms with E-state index in [2.05, 4.69) is 65.1 Å². The van der Waals surface area contributed by atoms with Gasteiger partial charge in [-0.2, -0.15) is 0 Å². The highest BCUT2D eigenvalue weighted by molar-refractivity contribution is 5.76. The number of piperidine rings is 1. The van der Waals surface area contributed by atoms with Crippen molar-refractivity contribution in [1.82, 2.24) is 20.9 Å². The molecule has 0 saturated carbocycles. The SMILES string of the molecule is C#C.C=C/C=C(\C=C/CC)NC(=O)NCCCN1CC/C(=C/C(/C=C\C=C/C)=C/C)CC1C(C)OC(=O)N/C(C=C)=C/C=C\C.CC. The molecule has 0 aromatic carbocycles. The summed E-state index contributed by atoms with van der Waals surface area (Å²) in [6.45, 7) is 23.5. The second-order valence-corrected chi connectivity index (χ2v) is 10.0. The molecule has 1 aliphatic rings. The Kier molecular flexibility index (Phi) is 28.6. The molecule has 0 radical (unpaired) electrons. The Hall–Kier alpha value is -4.54. The summed E-state index contributed by atoms with van der Waals surface area (Å²) in [5, 5.41) is 8.57. The zero-order valence-corrected chi connectivity index (χ0v) is 29.9. The lowest BCUT2D eigenvalue weighted by molar-refractivity contribution is 0.0294. The molecule has 258 valence electrons. The number of terminal acetylenes is 1. The van der Waals surface area contributed by atoms with Crippen LogP contribution in [0.15, 0.2) is 121 Å². The van der Waals surface area contributed by atoms with Crippen LogP contribution in [0.1, 0.15) is 74.1 Å². The van der Waals surface area contributed by atoms with Gasteiger partial charge in [0.05, 0.1) is 6.04 Å². The van der Waals surface area contributed by atoms with E-state index in [9.17, 15) is 9.59 Å². The van der Waals surface area contributed by atoms with Crippen LogP contribution in [0.25, 0.3) is 0 Å². The molecule has 3 amide bonds. The van der Waals surface area contributed by atoms with E-state index in [1.165, 1.54) is 5.57 Å². The molecule has 3 N–H and O–H groups in total. The van der Waals surface area contributed by atoms with Crippen LogP contribution < -0.4 is 16.0 Å². The predicted octanol–water partition coefficient (Wildman–Crippen LogP) is 9.22. The first kappa shape index (κ1) is 44.6. The predicted molar refractivity (Wildman–Crippen MR) is 203 cm³/mol. The second kappa shape index (κ2) is 30.1. The maximum Gasteiger partial charge on any atom is 0.411 e. The minimum atomic E-state index is -0.513. The number of nitrogens with zero attached hydrogens (tertiary/aromatic N) is 1. The molecule has 0 aliphatic carbocycles. The van der Waals surface area contributed by atoms with Gasteiger partial charge in [0.15, 0.2) is 0 Å². The third kappa shape index (κ3) is 21.0. The zero-order chi connectivity index (χ0) is 35.9. The third-order valence-corrected chi connectivity index (χ3v) is 6.72. The average Bonchev–Trinajstić information content (AvgIpc) is 3.09. The Morgan fingerprint density at radius 2 is 1.72 bits per heavy atom. The Bertz CT molecular complexity index is 1190. The normalized spacial score (nSPS) is 17.5. The maximum atomic E-state index is 12.7. The van der Waals surface area contributed by atoms with Crippen molar-refractivity contribution >= 4 is 12.1 Å². The van der Waals surface area contributed by atoms with E-state index in [1.54, 1.807) is 24.3 Å². The lowest BCUT2D eigenvalue weighted by Gasteiger charge is -2.40. The summed E-state index contributed by atoms with van der Waals surface area (Å²) in [5.41, 5.74) is 3.72. The molecule has 1 rings (SSSR count). The average molecular weight is 645 g/mol. The highest BCUT2D eigenvalue weighted by atomic mass is 16.6. The molecule has 2 unspecified atom stereocenters. The molecule has 1 fully saturated rings. The number of alkyl carbamates (subject to hydrolysis) is 1. The number of allylic oxidation sites excluding steroid dienone is 15. The number of hydrogen-bond acceptors (Lipinski definition) is 4. The summed E-state index contributed by atoms with van der Waals surface area (Å²) in [4.78, 5) is 27.5. The lowest BCUT2D eigenvalue weighted by Crippen LogP contribution is -2.49. The van der Waals surface area contributed by atoms with Crippen molar-refractivity contribution in [3.05, 3.63) is 121 Å². The van der Waals surface area contributed by atoms with Crippen LogP contribution in [-0.2, 0) is 4.74 Å². The van der Waals surface area contributed by atoms with Gasteiger partial charge in [0.2, 0.25) is 0 Å². The summed E-state index contributed by atoms with van der Waals surface area (Å²) < 4.78 is 5.87. The minimum Gasteiger partial charge on any atom is -0.445 e. The van der Waals surface area contributed by atoms with Gasteiger partial charge in [-0.3, -0.25) is 10.2 Å². The molecule has 7 heteroatoms. The first-order chi connectivity index (χ1) is 22.8. The van der Waals surface area contributed by atoms with E-state index in [4.69, 9.17) is 4.74 Å². The fourth-order valence-corrected chi connectivity index (χ4v) is 4.49. The van der Waals surface area contributed by atoms with Crippen molar-refractivity contribution in [2.24, 2.45) is 0 Å². The van der Waals surface area contributed by atoms with Crippen molar-refractivity contribution in [3.63, 3.8) is 0 Å². The molecule has 1 heterocycles. The van der Waals surface area contributed by atoms with Gasteiger partial charge in [-0.25, -0.2) is 9.59 Å². The molecule has 47 heavy (non-hydrogen) atoms. The highest BCUT2D eigenvalue weighted by Crippen LogP contribution is 2.27. The fraction of sp³-hybridized carbons (Fsp3) is 0.400. The van der Waals surface area contributed by atoms with Crippen LogP contribution >= 0.6 is 0 Å². The van der Waals surface area contributed by atoms with Crippen LogP contribution in [0.2, 0.25) is 0 Å². The molecular formula is C40H60N4O3. The van der Waals surface area contributed by atoms with Crippen molar-refractivity contribution in [2.75, 3.05) is 19.6 Å². The van der Waals surface area contributed by atoms with Crippen LogP contribution in [0.3, 0.4) is 0 Å². The van der Waals surface area contributed by atoms with Gasteiger partial charge in [-0.15, -0.1) is 12.8 Å². The van der Waals surface area contributed by atoms with Gasteiger partial charge >= 0.3 is 12.1 Å². The van der Waals surface area contributed by atoms with E-state index >= 15 is 0 Å². The molecular weight excluding hydrogens is 584 g/mol. The van der Waals surface area contributed by atoms with Gasteiger partial charge in [0, 0.05) is 31.0 Å². The Morgan fingerprint density at radius 3 is 2.32 bits per heavy atom. The quantitative estimate of drug-likeness (QED) is 0.0889. The van der Waals surface area contributed by atoms with Crippen molar-refractivity contribution < 1.29 is 14.3 Å². The maximum absolute atomic E-state index is 12.7. The van der Waals surface area contributed by atoms with Crippen LogP contribution in [-0.4, -0.2) is 48.8 Å². The number of urea groups is 1. The van der Waals surface area contributed by atoms with Crippen LogP contribution in [0.5, 0.6) is 0 Å². The largest absolute Gasteiger partial charge is 0.445 e. The molecule has 2 atom stereocenters. The Morgan fingerprint density at radius 1 is 1.02 bits per heavy atom. The highest BCUT2D eigenvalue weighted by Gasteiger charge is 2.31. The molecule has 1 aliphatic heterocycles. The van der Waals surface area contributed by atoms with Gasteiger partial charge < -0.3 is 15.4 Å². The Labute approximate surface area is 286 Å². The second-order valence-electron chi connectivity index (χ2n) is 10.0. The number of nitrogens with one attached hydrogen (secondary N) is 3. The molecule has 0 aromatic heterocycles. The molecule has 0 aromatic rings. The third-order valence-electron chi connectivity index (χ3n) is 6.72. The van der Waals surface area contributed by atoms with Gasteiger partial charge in [0.1, 0.15) is 6.10 Å². The lowest BCUT2D eigenvalue weighted by atomic mass is 9.91. The van der Waals surface area contributed by atoms with E-state index in [0.717, 1.165) is 44.3 Å². The standard InChI is InChI=1S/C36H52N4O3.C2H6.C2H2/c1-8-14-17-20-30(12-5)27-31-23-26-40(25-18-24-37-35(41)38-33(19-11-4)22-16-10-3)34(28-31)29(7)43-36(42)39-32(13-6)21-15-9-2;2*1-2/h8-9,11-17,19-22,27,29,34H,4,6,10,18,23-26,28H2,1-3,5,7H3,(H,39,42)(H2,37,38,41);1-2H3;1-2H/b14-8-,15-9-,20-17-,22-16-,30-12+,31-27-,32-21+,33-19+;;. The summed E-state index contributed by atoms with van der Waals surface area (Å²) >= 11 is 0. The Balaban J connectivity index is 0. The van der Waals surface area contributed by atoms with E-state index < -0.39 is 6.09 Å². The fourth-order valence-electron chi connectivity index (χ4n) is 4.49. The van der Waals surface area contributed by atoms with Crippen molar-refractivity contribution in [1.29, 1.82) is 0 Å². The van der Waals surface area contributed by atoms with E-state index in [0.29, 0.717) is 17.9 Å². The molecule has 1 saturated heterocycles. The summed E-state index contributed by atoms with van der Waals surface area (Å²) in [7, 11) is 0. The number of ether oxygens (including phenoxy) is 1. The number of carbonyl (C=O) groups excluding carboxylic acids is 2. The summed E-state index contributed by atoms with van der Waals surface area (Å²) in [5.74, 6) is 0. The van der Waals surface area contributed by atoms with Crippen molar-refractivity contribution in [2.45, 2.75) is 86.3 Å². The van der Waals surface area contributed by atoms with E-state index in [1.807, 2.05) is 91.0 Å². The van der Waals surface area contributed by atoms with Crippen LogP contribution in [0, 0.1) is 12.8 Å². The number of amides is 3. The summed E-state index contributed by atoms with van der Waals surface area (Å²) in [6.07, 6.45) is 37.2. The smallest absolute Gasteiger partial charge is 0.411 e. The monoisotopic (exact) mass is 644 g/mol. The number of likely N-dealkylation sites (tertiary alicyclic amines) is 1. The molecule has 0 bridgehead atoms. The number of rotatable bonds is 16. The topological polar surface area (TPSA) is 82.7 Å². The van der Waals surface area contributed by atoms with E-state index in [-0.39, 0.29) is 18.2 Å². The molecule has 7 nitrogen and oxygen atoms in total. The number of hydrogen-bond donors (Lipinski definition) is 3. The van der Waals surface area contributed by atoms with Gasteiger partial charge in [0.25, 0.3) is 0 Å². The summed E-state index contributed by atoms with van der Waals surface area (Å²) in [6, 6.07) is -0.262. The zero-order valence-electron chi connectivity index (χ0n) is 29.9. The first-order valence-electron chi connectivity index (χ1n) is 16.5. The number of carbonyl (C=O) groups is 2. The minimum absolute atomic E-state index is 0.00907. The van der Waals surface area contributed by atoms with Crippen LogP contribution in [0.4, 0.5) is 9.59 Å².